The number of alkyl halides is 2. The highest BCUT2D eigenvalue weighted by molar-refractivity contribution is 5.66. The number of benzene rings is 1. The van der Waals surface area contributed by atoms with E-state index < -0.39 is 17.5 Å². The number of rotatable bonds is 8. The second-order valence-corrected chi connectivity index (χ2v) is 5.35. The molecule has 0 unspecified atom stereocenters. The molecule has 0 bridgehead atoms. The maximum Gasteiger partial charge on any atom is 0.490 e. The Balaban J connectivity index is 1.94. The third-order valence-corrected chi connectivity index (χ3v) is 3.41. The lowest BCUT2D eigenvalue weighted by Gasteiger charge is -2.11. The minimum absolute atomic E-state index is 0.0333. The Labute approximate surface area is 156 Å². The first-order valence-electron chi connectivity index (χ1n) is 8.04. The molecule has 2 aromatic heterocycles. The first-order chi connectivity index (χ1) is 13.5. The van der Waals surface area contributed by atoms with Gasteiger partial charge in [0.15, 0.2) is 0 Å². The SMILES string of the molecule is CCOc1ncc(Cn2cnc([N+](=O)[O-])n2)nc1-c1cccc(OC(F)F)c1. The predicted molar refractivity (Wildman–Crippen MR) is 91.0 cm³/mol. The van der Waals surface area contributed by atoms with Crippen LogP contribution in [0.2, 0.25) is 0 Å². The molecule has 1 aromatic carbocycles. The Hall–Kier alpha value is -3.70. The third-order valence-electron chi connectivity index (χ3n) is 3.41. The zero-order valence-electron chi connectivity index (χ0n) is 14.5. The van der Waals surface area contributed by atoms with E-state index in [9.17, 15) is 18.9 Å². The fourth-order valence-corrected chi connectivity index (χ4v) is 2.35. The van der Waals surface area contributed by atoms with Crippen molar-refractivity contribution in [2.24, 2.45) is 0 Å². The highest BCUT2D eigenvalue weighted by Crippen LogP contribution is 2.29. The molecule has 0 saturated carbocycles. The quantitative estimate of drug-likeness (QED) is 0.424. The van der Waals surface area contributed by atoms with Gasteiger partial charge >= 0.3 is 12.6 Å². The number of hydrogen-bond acceptors (Lipinski definition) is 8. The van der Waals surface area contributed by atoms with Gasteiger partial charge in [-0.15, -0.1) is 0 Å². The smallest absolute Gasteiger partial charge is 0.476 e. The van der Waals surface area contributed by atoms with E-state index in [1.54, 1.807) is 13.0 Å². The number of aromatic nitrogens is 5. The molecule has 12 heteroatoms. The summed E-state index contributed by atoms with van der Waals surface area (Å²) in [6.45, 7) is -0.795. The van der Waals surface area contributed by atoms with Crippen LogP contribution < -0.4 is 9.47 Å². The summed E-state index contributed by atoms with van der Waals surface area (Å²) in [4.78, 5) is 22.2. The zero-order valence-corrected chi connectivity index (χ0v) is 14.5. The van der Waals surface area contributed by atoms with Crippen LogP contribution in [0.25, 0.3) is 11.3 Å². The molecule has 146 valence electrons. The Morgan fingerprint density at radius 1 is 1.32 bits per heavy atom. The Morgan fingerprint density at radius 2 is 2.14 bits per heavy atom. The van der Waals surface area contributed by atoms with Crippen LogP contribution in [0.15, 0.2) is 36.8 Å². The van der Waals surface area contributed by atoms with Gasteiger partial charge in [0, 0.05) is 10.7 Å². The largest absolute Gasteiger partial charge is 0.490 e. The first-order valence-corrected chi connectivity index (χ1v) is 8.04. The van der Waals surface area contributed by atoms with Crippen LogP contribution in [0.3, 0.4) is 0 Å². The summed E-state index contributed by atoms with van der Waals surface area (Å²) in [6.07, 6.45) is 2.63. The molecule has 0 atom stereocenters. The molecule has 0 saturated heterocycles. The number of halogens is 2. The van der Waals surface area contributed by atoms with Crippen molar-refractivity contribution in [1.82, 2.24) is 24.7 Å². The highest BCUT2D eigenvalue weighted by atomic mass is 19.3. The lowest BCUT2D eigenvalue weighted by molar-refractivity contribution is -0.394. The molecule has 2 heterocycles. The maximum atomic E-state index is 12.5. The minimum Gasteiger partial charge on any atom is -0.476 e. The molecule has 0 spiro atoms. The molecule has 10 nitrogen and oxygen atoms in total. The molecule has 0 aliphatic rings. The van der Waals surface area contributed by atoms with Crippen molar-refractivity contribution >= 4 is 5.95 Å². The summed E-state index contributed by atoms with van der Waals surface area (Å²) < 4.78 is 36.1. The fraction of sp³-hybridized carbons (Fsp3) is 0.250. The van der Waals surface area contributed by atoms with E-state index in [-0.39, 0.29) is 18.2 Å². The molecule has 3 rings (SSSR count). The van der Waals surface area contributed by atoms with Gasteiger partial charge in [0.1, 0.15) is 18.0 Å². The van der Waals surface area contributed by atoms with Crippen molar-refractivity contribution in [3.63, 3.8) is 0 Å². The average Bonchev–Trinajstić information content (AvgIpc) is 3.12. The Morgan fingerprint density at radius 3 is 2.82 bits per heavy atom. The minimum atomic E-state index is -2.96. The van der Waals surface area contributed by atoms with E-state index in [2.05, 4.69) is 24.8 Å². The van der Waals surface area contributed by atoms with E-state index in [1.165, 1.54) is 35.4 Å². The summed E-state index contributed by atoms with van der Waals surface area (Å²) in [5, 5.41) is 14.4. The molecular weight excluding hydrogens is 378 g/mol. The molecule has 0 fully saturated rings. The van der Waals surface area contributed by atoms with Crippen molar-refractivity contribution in [3.05, 3.63) is 52.6 Å². The molecular formula is C16H14F2N6O4. The summed E-state index contributed by atoms with van der Waals surface area (Å²) in [7, 11) is 0. The predicted octanol–water partition coefficient (Wildman–Crippen LogP) is 2.69. The normalized spacial score (nSPS) is 10.9. The number of nitro groups is 1. The van der Waals surface area contributed by atoms with Gasteiger partial charge in [0.05, 0.1) is 18.5 Å². The standard InChI is InChI=1S/C16H14F2N6O4/c1-2-27-14-13(10-4-3-5-12(6-10)28-15(17)18)21-11(7-19-14)8-23-9-20-16(22-23)24(25)26/h3-7,9,15H,2,8H2,1H3. The van der Waals surface area contributed by atoms with Gasteiger partial charge in [0.25, 0.3) is 0 Å². The summed E-state index contributed by atoms with van der Waals surface area (Å²) in [5.41, 5.74) is 1.19. The van der Waals surface area contributed by atoms with Crippen molar-refractivity contribution < 1.29 is 23.2 Å². The maximum absolute atomic E-state index is 12.5. The van der Waals surface area contributed by atoms with Gasteiger partial charge in [-0.25, -0.2) is 9.97 Å². The zero-order chi connectivity index (χ0) is 20.1. The molecule has 0 radical (unpaired) electrons. The van der Waals surface area contributed by atoms with E-state index in [4.69, 9.17) is 4.74 Å². The van der Waals surface area contributed by atoms with E-state index in [0.717, 1.165) is 0 Å². The van der Waals surface area contributed by atoms with Crippen molar-refractivity contribution in [2.75, 3.05) is 6.61 Å². The van der Waals surface area contributed by atoms with Gasteiger partial charge in [0.2, 0.25) is 12.2 Å². The van der Waals surface area contributed by atoms with E-state index in [1.807, 2.05) is 0 Å². The van der Waals surface area contributed by atoms with Gasteiger partial charge < -0.3 is 19.6 Å². The topological polar surface area (TPSA) is 118 Å². The summed E-state index contributed by atoms with van der Waals surface area (Å²) >= 11 is 0. The van der Waals surface area contributed by atoms with E-state index in [0.29, 0.717) is 23.6 Å². The second-order valence-electron chi connectivity index (χ2n) is 5.35. The van der Waals surface area contributed by atoms with Crippen LogP contribution in [0.1, 0.15) is 12.6 Å². The Kier molecular flexibility index (Phi) is 5.67. The molecule has 0 aliphatic heterocycles. The van der Waals surface area contributed by atoms with Gasteiger partial charge in [-0.2, -0.15) is 13.5 Å². The molecule has 0 N–H and O–H groups in total. The average molecular weight is 392 g/mol. The highest BCUT2D eigenvalue weighted by Gasteiger charge is 2.17. The molecule has 28 heavy (non-hydrogen) atoms. The lowest BCUT2D eigenvalue weighted by atomic mass is 10.1. The van der Waals surface area contributed by atoms with Crippen LogP contribution in [-0.4, -0.2) is 42.9 Å². The number of ether oxygens (including phenoxy) is 2. The van der Waals surface area contributed by atoms with Gasteiger partial charge in [-0.05, 0) is 24.0 Å². The van der Waals surface area contributed by atoms with Crippen LogP contribution in [0.4, 0.5) is 14.7 Å². The molecule has 3 aromatic rings. The van der Waals surface area contributed by atoms with Crippen LogP contribution in [-0.2, 0) is 6.54 Å². The van der Waals surface area contributed by atoms with Crippen molar-refractivity contribution in [3.8, 4) is 22.9 Å². The van der Waals surface area contributed by atoms with Crippen LogP contribution in [0, 0.1) is 10.1 Å². The van der Waals surface area contributed by atoms with E-state index >= 15 is 0 Å². The molecule has 0 amide bonds. The first kappa shape index (κ1) is 19.1. The summed E-state index contributed by atoms with van der Waals surface area (Å²) in [5.74, 6) is -0.352. The lowest BCUT2D eigenvalue weighted by Crippen LogP contribution is -2.07. The van der Waals surface area contributed by atoms with Crippen molar-refractivity contribution in [2.45, 2.75) is 20.1 Å². The third kappa shape index (κ3) is 4.52. The number of hydrogen-bond donors (Lipinski definition) is 0. The second kappa shape index (κ2) is 8.33. The van der Waals surface area contributed by atoms with Crippen molar-refractivity contribution in [1.29, 1.82) is 0 Å². The molecule has 0 aliphatic carbocycles. The Bertz CT molecular complexity index is 981. The van der Waals surface area contributed by atoms with Crippen LogP contribution in [0.5, 0.6) is 11.6 Å². The van der Waals surface area contributed by atoms with Crippen LogP contribution >= 0.6 is 0 Å². The monoisotopic (exact) mass is 392 g/mol. The number of nitrogens with zero attached hydrogens (tertiary/aromatic N) is 6. The van der Waals surface area contributed by atoms with Gasteiger partial charge in [-0.1, -0.05) is 17.1 Å². The van der Waals surface area contributed by atoms with Gasteiger partial charge in [-0.3, -0.25) is 0 Å². The summed E-state index contributed by atoms with van der Waals surface area (Å²) in [6, 6.07) is 5.97. The fourth-order valence-electron chi connectivity index (χ4n) is 2.35.